The number of Topliss-reactive ketones (excluding diaryl/α,β-unsaturated/α-hetero) is 1. The monoisotopic (exact) mass is 246 g/mol. The molecule has 0 saturated carbocycles. The van der Waals surface area contributed by atoms with Gasteiger partial charge in [0.25, 0.3) is 0 Å². The van der Waals surface area contributed by atoms with E-state index in [1.165, 1.54) is 18.2 Å². The highest BCUT2D eigenvalue weighted by atomic mass is 19.4. The van der Waals surface area contributed by atoms with Crippen LogP contribution in [0.1, 0.15) is 25.3 Å². The fourth-order valence-corrected chi connectivity index (χ4v) is 1.36. The van der Waals surface area contributed by atoms with Gasteiger partial charge in [0.15, 0.2) is 0 Å². The Morgan fingerprint density at radius 3 is 2.65 bits per heavy atom. The molecule has 0 radical (unpaired) electrons. The number of rotatable bonds is 5. The van der Waals surface area contributed by atoms with Crippen molar-refractivity contribution >= 4 is 5.78 Å². The van der Waals surface area contributed by atoms with Crippen LogP contribution in [-0.2, 0) is 11.2 Å². The van der Waals surface area contributed by atoms with Gasteiger partial charge in [0.1, 0.15) is 11.5 Å². The average Bonchev–Trinajstić information content (AvgIpc) is 2.24. The summed E-state index contributed by atoms with van der Waals surface area (Å²) >= 11 is 0. The van der Waals surface area contributed by atoms with Crippen LogP contribution in [0.5, 0.6) is 5.75 Å². The Labute approximate surface area is 97.4 Å². The highest BCUT2D eigenvalue weighted by molar-refractivity contribution is 5.78. The maximum atomic E-state index is 12.0. The number of benzene rings is 1. The van der Waals surface area contributed by atoms with Crippen LogP contribution < -0.4 is 4.74 Å². The fraction of sp³-hybridized carbons (Fsp3) is 0.417. The summed E-state index contributed by atoms with van der Waals surface area (Å²) in [5, 5.41) is 0. The molecule has 0 saturated heterocycles. The second kappa shape index (κ2) is 5.70. The second-order valence-electron chi connectivity index (χ2n) is 3.59. The van der Waals surface area contributed by atoms with E-state index in [9.17, 15) is 18.0 Å². The quantitative estimate of drug-likeness (QED) is 0.794. The molecule has 94 valence electrons. The number of halogens is 3. The molecule has 0 heterocycles. The number of aryl methyl sites for hydroxylation is 1. The summed E-state index contributed by atoms with van der Waals surface area (Å²) in [6.07, 6.45) is -3.47. The van der Waals surface area contributed by atoms with Crippen molar-refractivity contribution in [2.45, 2.75) is 32.5 Å². The summed E-state index contributed by atoms with van der Waals surface area (Å²) in [6.45, 7) is 1.76. The SMILES string of the molecule is CCC(=O)CCc1cccc(OC(F)(F)F)c1. The molecule has 0 aromatic heterocycles. The van der Waals surface area contributed by atoms with E-state index in [1.54, 1.807) is 13.0 Å². The summed E-state index contributed by atoms with van der Waals surface area (Å²) in [4.78, 5) is 11.1. The number of hydrogen-bond donors (Lipinski definition) is 0. The highest BCUT2D eigenvalue weighted by Gasteiger charge is 2.31. The maximum absolute atomic E-state index is 12.0. The Hall–Kier alpha value is -1.52. The molecule has 1 rings (SSSR count). The lowest BCUT2D eigenvalue weighted by Crippen LogP contribution is -2.17. The molecular formula is C12H13F3O2. The topological polar surface area (TPSA) is 26.3 Å². The van der Waals surface area contributed by atoms with Crippen LogP contribution in [0.15, 0.2) is 24.3 Å². The summed E-state index contributed by atoms with van der Waals surface area (Å²) in [5.41, 5.74) is 0.661. The van der Waals surface area contributed by atoms with E-state index in [-0.39, 0.29) is 11.5 Å². The van der Waals surface area contributed by atoms with Crippen LogP contribution in [-0.4, -0.2) is 12.1 Å². The van der Waals surface area contributed by atoms with Crippen LogP contribution >= 0.6 is 0 Å². The summed E-state index contributed by atoms with van der Waals surface area (Å²) in [6, 6.07) is 5.69. The Balaban J connectivity index is 2.63. The third-order valence-corrected chi connectivity index (χ3v) is 2.22. The van der Waals surface area contributed by atoms with Gasteiger partial charge in [-0.25, -0.2) is 0 Å². The molecule has 0 spiro atoms. The largest absolute Gasteiger partial charge is 0.573 e. The molecule has 17 heavy (non-hydrogen) atoms. The first-order valence-corrected chi connectivity index (χ1v) is 5.27. The first kappa shape index (κ1) is 13.5. The fourth-order valence-electron chi connectivity index (χ4n) is 1.36. The minimum Gasteiger partial charge on any atom is -0.406 e. The molecular weight excluding hydrogens is 233 g/mol. The normalized spacial score (nSPS) is 11.3. The average molecular weight is 246 g/mol. The van der Waals surface area contributed by atoms with Crippen molar-refractivity contribution in [2.75, 3.05) is 0 Å². The van der Waals surface area contributed by atoms with E-state index in [0.717, 1.165) is 0 Å². The number of carbonyl (C=O) groups excluding carboxylic acids is 1. The molecule has 5 heteroatoms. The van der Waals surface area contributed by atoms with E-state index < -0.39 is 6.36 Å². The Morgan fingerprint density at radius 1 is 1.35 bits per heavy atom. The predicted molar refractivity (Wildman–Crippen MR) is 56.7 cm³/mol. The van der Waals surface area contributed by atoms with Gasteiger partial charge in [-0.05, 0) is 24.1 Å². The van der Waals surface area contributed by atoms with Crippen LogP contribution in [0, 0.1) is 0 Å². The van der Waals surface area contributed by atoms with Gasteiger partial charge in [0, 0.05) is 12.8 Å². The zero-order valence-electron chi connectivity index (χ0n) is 9.38. The van der Waals surface area contributed by atoms with E-state index in [4.69, 9.17) is 0 Å². The number of hydrogen-bond acceptors (Lipinski definition) is 2. The smallest absolute Gasteiger partial charge is 0.406 e. The van der Waals surface area contributed by atoms with E-state index >= 15 is 0 Å². The summed E-state index contributed by atoms with van der Waals surface area (Å²) in [5.74, 6) is -0.161. The van der Waals surface area contributed by atoms with Crippen molar-refractivity contribution in [3.8, 4) is 5.75 Å². The molecule has 2 nitrogen and oxygen atoms in total. The molecule has 0 aliphatic heterocycles. The lowest BCUT2D eigenvalue weighted by atomic mass is 10.1. The van der Waals surface area contributed by atoms with Crippen LogP contribution in [0.3, 0.4) is 0 Å². The van der Waals surface area contributed by atoms with Crippen molar-refractivity contribution in [2.24, 2.45) is 0 Å². The molecule has 0 aliphatic carbocycles. The Morgan fingerprint density at radius 2 is 2.06 bits per heavy atom. The summed E-state index contributed by atoms with van der Waals surface area (Å²) < 4.78 is 39.7. The molecule has 0 aliphatic rings. The first-order valence-electron chi connectivity index (χ1n) is 5.27. The number of alkyl halides is 3. The second-order valence-corrected chi connectivity index (χ2v) is 3.59. The van der Waals surface area contributed by atoms with Crippen molar-refractivity contribution in [1.82, 2.24) is 0 Å². The molecule has 0 amide bonds. The minimum atomic E-state index is -4.68. The van der Waals surface area contributed by atoms with E-state index in [0.29, 0.717) is 24.8 Å². The number of ketones is 1. The zero-order chi connectivity index (χ0) is 12.9. The van der Waals surface area contributed by atoms with Crippen molar-refractivity contribution in [3.63, 3.8) is 0 Å². The molecule has 0 atom stereocenters. The van der Waals surface area contributed by atoms with Gasteiger partial charge in [0.2, 0.25) is 0 Å². The van der Waals surface area contributed by atoms with E-state index in [2.05, 4.69) is 4.74 Å². The first-order chi connectivity index (χ1) is 7.90. The Kier molecular flexibility index (Phi) is 4.54. The highest BCUT2D eigenvalue weighted by Crippen LogP contribution is 2.23. The van der Waals surface area contributed by atoms with Crippen molar-refractivity contribution in [3.05, 3.63) is 29.8 Å². The summed E-state index contributed by atoms with van der Waals surface area (Å²) in [7, 11) is 0. The van der Waals surface area contributed by atoms with Gasteiger partial charge in [-0.1, -0.05) is 19.1 Å². The number of carbonyl (C=O) groups is 1. The molecule has 1 aromatic carbocycles. The van der Waals surface area contributed by atoms with Gasteiger partial charge in [0.05, 0.1) is 0 Å². The molecule has 1 aromatic rings. The van der Waals surface area contributed by atoms with Crippen molar-refractivity contribution < 1.29 is 22.7 Å². The molecule has 0 N–H and O–H groups in total. The van der Waals surface area contributed by atoms with E-state index in [1.807, 2.05) is 0 Å². The lowest BCUT2D eigenvalue weighted by molar-refractivity contribution is -0.274. The van der Waals surface area contributed by atoms with Crippen LogP contribution in [0.25, 0.3) is 0 Å². The van der Waals surface area contributed by atoms with Crippen LogP contribution in [0.4, 0.5) is 13.2 Å². The molecule has 0 unspecified atom stereocenters. The Bertz CT molecular complexity index is 386. The van der Waals surface area contributed by atoms with Gasteiger partial charge in [-0.3, -0.25) is 4.79 Å². The van der Waals surface area contributed by atoms with Gasteiger partial charge < -0.3 is 4.74 Å². The predicted octanol–water partition coefficient (Wildman–Crippen LogP) is 3.50. The third-order valence-electron chi connectivity index (χ3n) is 2.22. The maximum Gasteiger partial charge on any atom is 0.573 e. The van der Waals surface area contributed by atoms with Crippen molar-refractivity contribution in [1.29, 1.82) is 0 Å². The standard InChI is InChI=1S/C12H13F3O2/c1-2-10(16)7-6-9-4-3-5-11(8-9)17-12(13,14)15/h3-5,8H,2,6-7H2,1H3. The van der Waals surface area contributed by atoms with Gasteiger partial charge >= 0.3 is 6.36 Å². The van der Waals surface area contributed by atoms with Gasteiger partial charge in [-0.2, -0.15) is 0 Å². The van der Waals surface area contributed by atoms with Gasteiger partial charge in [-0.15, -0.1) is 13.2 Å². The zero-order valence-corrected chi connectivity index (χ0v) is 9.38. The lowest BCUT2D eigenvalue weighted by Gasteiger charge is -2.09. The minimum absolute atomic E-state index is 0.0899. The molecule has 0 bridgehead atoms. The number of ether oxygens (including phenoxy) is 1. The third kappa shape index (κ3) is 5.38. The van der Waals surface area contributed by atoms with Crippen LogP contribution in [0.2, 0.25) is 0 Å². The molecule has 0 fully saturated rings.